The molecule has 1 aliphatic rings. The van der Waals surface area contributed by atoms with E-state index in [0.717, 1.165) is 44.8 Å². The summed E-state index contributed by atoms with van der Waals surface area (Å²) in [5.41, 5.74) is 2.44. The van der Waals surface area contributed by atoms with E-state index in [0.29, 0.717) is 6.42 Å². The molecule has 2 aromatic carbocycles. The number of hydrogen-bond donors (Lipinski definition) is 1. The Labute approximate surface area is 156 Å². The van der Waals surface area contributed by atoms with E-state index >= 15 is 0 Å². The van der Waals surface area contributed by atoms with Gasteiger partial charge in [-0.05, 0) is 18.1 Å². The van der Waals surface area contributed by atoms with Gasteiger partial charge in [0.2, 0.25) is 5.91 Å². The lowest BCUT2D eigenvalue weighted by Crippen LogP contribution is -2.50. The van der Waals surface area contributed by atoms with Gasteiger partial charge in [0.1, 0.15) is 0 Å². The number of nitrogens with zero attached hydrogens (tertiary/aromatic N) is 2. The first kappa shape index (κ1) is 18.6. The molecule has 0 bridgehead atoms. The van der Waals surface area contributed by atoms with Gasteiger partial charge in [-0.15, -0.1) is 0 Å². The first-order valence-corrected chi connectivity index (χ1v) is 9.51. The maximum Gasteiger partial charge on any atom is 0.224 e. The van der Waals surface area contributed by atoms with Crippen molar-refractivity contribution in [3.63, 3.8) is 0 Å². The number of amides is 1. The lowest BCUT2D eigenvalue weighted by atomic mass is 10.1. The van der Waals surface area contributed by atoms with Crippen LogP contribution in [-0.4, -0.2) is 54.5 Å². The van der Waals surface area contributed by atoms with Crippen LogP contribution in [0, 0.1) is 0 Å². The van der Waals surface area contributed by atoms with Crippen molar-refractivity contribution in [3.8, 4) is 0 Å². The summed E-state index contributed by atoms with van der Waals surface area (Å²) in [6, 6.07) is 20.7. The number of rotatable bonds is 7. The summed E-state index contributed by atoms with van der Waals surface area (Å²) in [6.45, 7) is 8.33. The van der Waals surface area contributed by atoms with Crippen LogP contribution in [0.1, 0.15) is 18.1 Å². The van der Waals surface area contributed by atoms with Gasteiger partial charge in [-0.25, -0.2) is 0 Å². The highest BCUT2D eigenvalue weighted by Gasteiger charge is 2.19. The maximum atomic E-state index is 12.2. The fourth-order valence-corrected chi connectivity index (χ4v) is 3.51. The molecule has 4 nitrogen and oxygen atoms in total. The molecule has 2 aromatic rings. The maximum absolute atomic E-state index is 12.2. The van der Waals surface area contributed by atoms with Crippen LogP contribution in [0.4, 0.5) is 0 Å². The zero-order valence-corrected chi connectivity index (χ0v) is 15.6. The standard InChI is InChI=1S/C22H29N3O/c1-19(23-22(26)16-20-8-4-2-5-9-20)17-24-12-14-25(15-13-24)18-21-10-6-3-7-11-21/h2-11,19H,12-18H2,1H3,(H,23,26)/t19-/m0/s1. The summed E-state index contributed by atoms with van der Waals surface area (Å²) < 4.78 is 0. The molecular weight excluding hydrogens is 322 g/mol. The predicted molar refractivity (Wildman–Crippen MR) is 106 cm³/mol. The SMILES string of the molecule is C[C@@H](CN1CCN(Cc2ccccc2)CC1)NC(=O)Cc1ccccc1. The van der Waals surface area contributed by atoms with Gasteiger partial charge in [-0.3, -0.25) is 14.6 Å². The normalized spacial score (nSPS) is 17.0. The van der Waals surface area contributed by atoms with E-state index in [2.05, 4.69) is 52.4 Å². The fourth-order valence-electron chi connectivity index (χ4n) is 3.51. The molecule has 1 N–H and O–H groups in total. The van der Waals surface area contributed by atoms with E-state index in [1.165, 1.54) is 5.56 Å². The van der Waals surface area contributed by atoms with Crippen LogP contribution in [0.2, 0.25) is 0 Å². The Morgan fingerprint density at radius 2 is 1.42 bits per heavy atom. The lowest BCUT2D eigenvalue weighted by Gasteiger charge is -2.36. The lowest BCUT2D eigenvalue weighted by molar-refractivity contribution is -0.121. The van der Waals surface area contributed by atoms with Crippen molar-refractivity contribution in [2.75, 3.05) is 32.7 Å². The summed E-state index contributed by atoms with van der Waals surface area (Å²) in [5.74, 6) is 0.103. The zero-order chi connectivity index (χ0) is 18.2. The van der Waals surface area contributed by atoms with Crippen LogP contribution in [-0.2, 0) is 17.8 Å². The third-order valence-corrected chi connectivity index (χ3v) is 4.86. The molecule has 0 aliphatic carbocycles. The van der Waals surface area contributed by atoms with Crippen molar-refractivity contribution < 1.29 is 4.79 Å². The highest BCUT2D eigenvalue weighted by atomic mass is 16.1. The summed E-state index contributed by atoms with van der Waals surface area (Å²) in [5, 5.41) is 3.13. The van der Waals surface area contributed by atoms with Crippen LogP contribution < -0.4 is 5.32 Å². The Morgan fingerprint density at radius 1 is 0.885 bits per heavy atom. The average molecular weight is 351 g/mol. The molecule has 1 saturated heterocycles. The largest absolute Gasteiger partial charge is 0.352 e. The third kappa shape index (κ3) is 5.97. The average Bonchev–Trinajstić information content (AvgIpc) is 2.65. The van der Waals surface area contributed by atoms with E-state index in [4.69, 9.17) is 0 Å². The molecule has 3 rings (SSSR count). The van der Waals surface area contributed by atoms with Crippen LogP contribution in [0.25, 0.3) is 0 Å². The van der Waals surface area contributed by atoms with Gasteiger partial charge in [0.05, 0.1) is 6.42 Å². The molecule has 1 amide bonds. The smallest absolute Gasteiger partial charge is 0.224 e. The van der Waals surface area contributed by atoms with Crippen molar-refractivity contribution >= 4 is 5.91 Å². The number of hydrogen-bond acceptors (Lipinski definition) is 3. The Balaban J connectivity index is 1.36. The Morgan fingerprint density at radius 3 is 2.04 bits per heavy atom. The Kier molecular flexibility index (Phi) is 6.81. The first-order chi connectivity index (χ1) is 12.7. The number of nitrogens with one attached hydrogen (secondary N) is 1. The van der Waals surface area contributed by atoms with Crippen LogP contribution >= 0.6 is 0 Å². The zero-order valence-electron chi connectivity index (χ0n) is 15.6. The molecule has 1 atom stereocenters. The van der Waals surface area contributed by atoms with E-state index in [1.807, 2.05) is 30.3 Å². The molecule has 1 heterocycles. The van der Waals surface area contributed by atoms with E-state index < -0.39 is 0 Å². The summed E-state index contributed by atoms with van der Waals surface area (Å²) in [7, 11) is 0. The fraction of sp³-hybridized carbons (Fsp3) is 0.409. The van der Waals surface area contributed by atoms with Crippen molar-refractivity contribution in [1.29, 1.82) is 0 Å². The van der Waals surface area contributed by atoms with Crippen LogP contribution in [0.5, 0.6) is 0 Å². The molecule has 4 heteroatoms. The molecular formula is C22H29N3O. The Bertz CT molecular complexity index is 666. The van der Waals surface area contributed by atoms with Crippen molar-refractivity contribution in [1.82, 2.24) is 15.1 Å². The summed E-state index contributed by atoms with van der Waals surface area (Å²) in [4.78, 5) is 17.1. The second-order valence-electron chi connectivity index (χ2n) is 7.19. The third-order valence-electron chi connectivity index (χ3n) is 4.86. The quantitative estimate of drug-likeness (QED) is 0.833. The molecule has 0 radical (unpaired) electrons. The highest BCUT2D eigenvalue weighted by molar-refractivity contribution is 5.78. The van der Waals surface area contributed by atoms with Gasteiger partial charge in [0.15, 0.2) is 0 Å². The van der Waals surface area contributed by atoms with Crippen LogP contribution in [0.15, 0.2) is 60.7 Å². The van der Waals surface area contributed by atoms with E-state index in [-0.39, 0.29) is 11.9 Å². The summed E-state index contributed by atoms with van der Waals surface area (Å²) in [6.07, 6.45) is 0.454. The number of carbonyl (C=O) groups is 1. The second kappa shape index (κ2) is 9.51. The molecule has 0 aromatic heterocycles. The van der Waals surface area contributed by atoms with E-state index in [9.17, 15) is 4.79 Å². The number of benzene rings is 2. The molecule has 1 aliphatic heterocycles. The highest BCUT2D eigenvalue weighted by Crippen LogP contribution is 2.09. The van der Waals surface area contributed by atoms with Crippen molar-refractivity contribution in [2.24, 2.45) is 0 Å². The monoisotopic (exact) mass is 351 g/mol. The molecule has 0 unspecified atom stereocenters. The number of carbonyl (C=O) groups excluding carboxylic acids is 1. The first-order valence-electron chi connectivity index (χ1n) is 9.51. The van der Waals surface area contributed by atoms with Gasteiger partial charge in [-0.2, -0.15) is 0 Å². The van der Waals surface area contributed by atoms with E-state index in [1.54, 1.807) is 0 Å². The summed E-state index contributed by atoms with van der Waals surface area (Å²) >= 11 is 0. The van der Waals surface area contributed by atoms with Gasteiger partial charge < -0.3 is 5.32 Å². The minimum atomic E-state index is 0.103. The topological polar surface area (TPSA) is 35.6 Å². The predicted octanol–water partition coefficient (Wildman–Crippen LogP) is 2.55. The molecule has 26 heavy (non-hydrogen) atoms. The van der Waals surface area contributed by atoms with Gasteiger partial charge in [0.25, 0.3) is 0 Å². The van der Waals surface area contributed by atoms with Gasteiger partial charge in [-0.1, -0.05) is 60.7 Å². The second-order valence-corrected chi connectivity index (χ2v) is 7.19. The van der Waals surface area contributed by atoms with Crippen molar-refractivity contribution in [3.05, 3.63) is 71.8 Å². The van der Waals surface area contributed by atoms with Crippen LogP contribution in [0.3, 0.4) is 0 Å². The van der Waals surface area contributed by atoms with Gasteiger partial charge in [0, 0.05) is 45.3 Å². The van der Waals surface area contributed by atoms with Crippen molar-refractivity contribution in [2.45, 2.75) is 25.9 Å². The molecule has 0 spiro atoms. The minimum Gasteiger partial charge on any atom is -0.352 e. The number of piperazine rings is 1. The molecule has 1 fully saturated rings. The molecule has 138 valence electrons. The Hall–Kier alpha value is -2.17. The van der Waals surface area contributed by atoms with Gasteiger partial charge >= 0.3 is 0 Å². The molecule has 0 saturated carbocycles. The minimum absolute atomic E-state index is 0.103.